The molecule has 32 heavy (non-hydrogen) atoms. The van der Waals surface area contributed by atoms with Crippen molar-refractivity contribution in [1.82, 2.24) is 18.9 Å². The van der Waals surface area contributed by atoms with Gasteiger partial charge in [0.05, 0.1) is 0 Å². The number of carbonyl (C=O) groups excluding carboxylic acids is 1. The quantitative estimate of drug-likeness (QED) is 0.633. The highest BCUT2D eigenvalue weighted by Crippen LogP contribution is 2.21. The van der Waals surface area contributed by atoms with Crippen LogP contribution in [-0.4, -0.2) is 48.9 Å². The number of rotatable bonds is 6. The van der Waals surface area contributed by atoms with Gasteiger partial charge in [-0.25, -0.2) is 14.2 Å². The zero-order valence-electron chi connectivity index (χ0n) is 18.1. The van der Waals surface area contributed by atoms with Gasteiger partial charge >= 0.3 is 11.5 Å². The molecule has 9 nitrogen and oxygen atoms in total. The molecule has 1 amide bonds. The van der Waals surface area contributed by atoms with Crippen LogP contribution in [0, 0.1) is 11.8 Å². The Morgan fingerprint density at radius 3 is 2.47 bits per heavy atom. The second-order valence-electron chi connectivity index (χ2n) is 8.51. The van der Waals surface area contributed by atoms with Crippen molar-refractivity contribution < 1.29 is 19.4 Å². The minimum atomic E-state index is -1.37. The van der Waals surface area contributed by atoms with Gasteiger partial charge in [-0.3, -0.25) is 9.59 Å². The van der Waals surface area contributed by atoms with Crippen LogP contribution in [0.25, 0.3) is 5.78 Å². The highest BCUT2D eigenvalue weighted by molar-refractivity contribution is 5.89. The van der Waals surface area contributed by atoms with Gasteiger partial charge in [-0.1, -0.05) is 44.2 Å². The van der Waals surface area contributed by atoms with E-state index in [0.29, 0.717) is 24.9 Å². The van der Waals surface area contributed by atoms with Gasteiger partial charge in [0.2, 0.25) is 17.4 Å². The number of hydrogen-bond acceptors (Lipinski definition) is 5. The minimum absolute atomic E-state index is 0.0222. The molecule has 0 spiro atoms. The molecule has 1 aliphatic rings. The molecule has 9 heteroatoms. The summed E-state index contributed by atoms with van der Waals surface area (Å²) in [6, 6.07) is 9.13. The van der Waals surface area contributed by atoms with Crippen molar-refractivity contribution in [2.24, 2.45) is 11.8 Å². The molecule has 2 aromatic heterocycles. The Hall–Kier alpha value is -3.62. The van der Waals surface area contributed by atoms with Gasteiger partial charge in [-0.05, 0) is 23.8 Å². The largest absolute Gasteiger partial charge is 0.481 e. The van der Waals surface area contributed by atoms with Crippen LogP contribution in [0.3, 0.4) is 0 Å². The molecule has 1 aliphatic heterocycles. The van der Waals surface area contributed by atoms with Crippen molar-refractivity contribution in [3.63, 3.8) is 0 Å². The molecule has 1 fully saturated rings. The van der Waals surface area contributed by atoms with Gasteiger partial charge in [0.1, 0.15) is 13.2 Å². The first-order chi connectivity index (χ1) is 15.3. The van der Waals surface area contributed by atoms with Crippen LogP contribution in [-0.2, 0) is 17.9 Å². The van der Waals surface area contributed by atoms with E-state index in [9.17, 15) is 19.5 Å². The third kappa shape index (κ3) is 4.37. The lowest BCUT2D eigenvalue weighted by Gasteiger charge is -2.35. The SMILES string of the molecule is C[C@@H]1C[C@@H](C)CN(C(=O)Cn2ccn3c(=O)c(OCc4ccccc4)c(C(=O)O)nc23)C1. The van der Waals surface area contributed by atoms with Crippen molar-refractivity contribution in [3.05, 3.63) is 64.3 Å². The van der Waals surface area contributed by atoms with E-state index in [1.807, 2.05) is 35.2 Å². The summed E-state index contributed by atoms with van der Waals surface area (Å²) >= 11 is 0. The number of imidazole rings is 1. The molecule has 2 atom stereocenters. The van der Waals surface area contributed by atoms with E-state index >= 15 is 0 Å². The maximum atomic E-state index is 13.0. The summed E-state index contributed by atoms with van der Waals surface area (Å²) < 4.78 is 8.28. The molecule has 0 saturated carbocycles. The van der Waals surface area contributed by atoms with Gasteiger partial charge in [0, 0.05) is 25.5 Å². The summed E-state index contributed by atoms with van der Waals surface area (Å²) in [7, 11) is 0. The minimum Gasteiger partial charge on any atom is -0.481 e. The number of nitrogens with zero attached hydrogens (tertiary/aromatic N) is 4. The number of carbonyl (C=O) groups is 2. The Bertz CT molecular complexity index is 1190. The molecule has 1 aromatic carbocycles. The second-order valence-corrected chi connectivity index (χ2v) is 8.51. The van der Waals surface area contributed by atoms with Gasteiger partial charge in [0.15, 0.2) is 5.69 Å². The standard InChI is InChI=1S/C23H26N4O5/c1-15-10-16(2)12-26(11-15)18(28)13-25-8-9-27-21(29)20(19(22(30)31)24-23(25)27)32-14-17-6-4-3-5-7-17/h3-9,15-16H,10-14H2,1-2H3,(H,30,31)/t15-,16-/m1/s1. The van der Waals surface area contributed by atoms with Crippen LogP contribution in [0.2, 0.25) is 0 Å². The van der Waals surface area contributed by atoms with Crippen molar-refractivity contribution in [2.75, 3.05) is 13.1 Å². The lowest BCUT2D eigenvalue weighted by atomic mass is 9.92. The van der Waals surface area contributed by atoms with E-state index in [1.165, 1.54) is 15.2 Å². The summed E-state index contributed by atoms with van der Waals surface area (Å²) in [6.07, 6.45) is 4.12. The average Bonchev–Trinajstić information content (AvgIpc) is 3.15. The number of carboxylic acids is 1. The van der Waals surface area contributed by atoms with E-state index in [1.54, 1.807) is 6.20 Å². The number of carboxylic acid groups (broad SMARTS) is 1. The number of fused-ring (bicyclic) bond motifs is 1. The van der Waals surface area contributed by atoms with Crippen molar-refractivity contribution in [3.8, 4) is 5.75 Å². The summed E-state index contributed by atoms with van der Waals surface area (Å²) in [6.45, 7) is 5.64. The van der Waals surface area contributed by atoms with Gasteiger partial charge in [0.25, 0.3) is 0 Å². The Kier molecular flexibility index (Phi) is 5.98. The van der Waals surface area contributed by atoms with Crippen LogP contribution in [0.5, 0.6) is 5.75 Å². The second kappa shape index (κ2) is 8.86. The molecule has 1 N–H and O–H groups in total. The third-order valence-electron chi connectivity index (χ3n) is 5.66. The lowest BCUT2D eigenvalue weighted by Crippen LogP contribution is -2.44. The fourth-order valence-electron chi connectivity index (χ4n) is 4.30. The number of aromatic carboxylic acids is 1. The predicted octanol–water partition coefficient (Wildman–Crippen LogP) is 2.28. The summed E-state index contributed by atoms with van der Waals surface area (Å²) in [5, 5.41) is 9.64. The molecule has 0 radical (unpaired) electrons. The molecular weight excluding hydrogens is 412 g/mol. The summed E-state index contributed by atoms with van der Waals surface area (Å²) in [5.74, 6) is -0.851. The Morgan fingerprint density at radius 1 is 1.12 bits per heavy atom. The number of aromatic nitrogens is 3. The first kappa shape index (κ1) is 21.6. The molecule has 3 aromatic rings. The smallest absolute Gasteiger partial charge is 0.358 e. The zero-order valence-corrected chi connectivity index (χ0v) is 18.1. The predicted molar refractivity (Wildman–Crippen MR) is 117 cm³/mol. The Morgan fingerprint density at radius 2 is 1.81 bits per heavy atom. The normalized spacial score (nSPS) is 18.6. The zero-order chi connectivity index (χ0) is 22.8. The van der Waals surface area contributed by atoms with Crippen molar-refractivity contribution in [2.45, 2.75) is 33.4 Å². The van der Waals surface area contributed by atoms with E-state index in [0.717, 1.165) is 12.0 Å². The highest BCUT2D eigenvalue weighted by Gasteiger charge is 2.27. The van der Waals surface area contributed by atoms with E-state index in [2.05, 4.69) is 18.8 Å². The van der Waals surface area contributed by atoms with Crippen LogP contribution in [0.15, 0.2) is 47.5 Å². The highest BCUT2D eigenvalue weighted by atomic mass is 16.5. The third-order valence-corrected chi connectivity index (χ3v) is 5.66. The number of benzene rings is 1. The number of ether oxygens (including phenoxy) is 1. The molecule has 0 unspecified atom stereocenters. The lowest BCUT2D eigenvalue weighted by molar-refractivity contribution is -0.134. The van der Waals surface area contributed by atoms with Crippen LogP contribution in [0.4, 0.5) is 0 Å². The summed E-state index contributed by atoms with van der Waals surface area (Å²) in [5.41, 5.74) is -0.310. The maximum absolute atomic E-state index is 13.0. The Labute approximate surface area is 184 Å². The van der Waals surface area contributed by atoms with E-state index in [-0.39, 0.29) is 30.6 Å². The first-order valence-electron chi connectivity index (χ1n) is 10.6. The molecular formula is C23H26N4O5. The fraction of sp³-hybridized carbons (Fsp3) is 0.391. The van der Waals surface area contributed by atoms with Gasteiger partial charge in [-0.2, -0.15) is 0 Å². The van der Waals surface area contributed by atoms with Crippen molar-refractivity contribution in [1.29, 1.82) is 0 Å². The van der Waals surface area contributed by atoms with Crippen LogP contribution >= 0.6 is 0 Å². The Balaban J connectivity index is 1.63. The number of piperidine rings is 1. The van der Waals surface area contributed by atoms with Crippen molar-refractivity contribution >= 4 is 17.7 Å². The van der Waals surface area contributed by atoms with E-state index < -0.39 is 17.2 Å². The van der Waals surface area contributed by atoms with E-state index in [4.69, 9.17) is 4.74 Å². The first-order valence-corrected chi connectivity index (χ1v) is 10.6. The number of hydrogen-bond donors (Lipinski definition) is 1. The molecule has 1 saturated heterocycles. The van der Waals surface area contributed by atoms with Gasteiger partial charge < -0.3 is 19.3 Å². The molecule has 4 rings (SSSR count). The monoisotopic (exact) mass is 438 g/mol. The topological polar surface area (TPSA) is 106 Å². The maximum Gasteiger partial charge on any atom is 0.358 e. The molecule has 168 valence electrons. The average molecular weight is 438 g/mol. The number of likely N-dealkylation sites (tertiary alicyclic amines) is 1. The fourth-order valence-corrected chi connectivity index (χ4v) is 4.30. The van der Waals surface area contributed by atoms with Crippen LogP contribution < -0.4 is 10.3 Å². The molecule has 0 bridgehead atoms. The molecule has 3 heterocycles. The summed E-state index contributed by atoms with van der Waals surface area (Å²) in [4.78, 5) is 43.7. The number of amides is 1. The van der Waals surface area contributed by atoms with Crippen LogP contribution in [0.1, 0.15) is 36.3 Å². The van der Waals surface area contributed by atoms with Gasteiger partial charge in [-0.15, -0.1) is 0 Å². The molecule has 0 aliphatic carbocycles.